The molecule has 0 spiro atoms. The van der Waals surface area contributed by atoms with Gasteiger partial charge in [0.05, 0.1) is 19.9 Å². The summed E-state index contributed by atoms with van der Waals surface area (Å²) in [5, 5.41) is 10.3. The third-order valence-electron chi connectivity index (χ3n) is 6.29. The van der Waals surface area contributed by atoms with E-state index >= 15 is 0 Å². The second-order valence-electron chi connectivity index (χ2n) is 8.36. The molecule has 2 N–H and O–H groups in total. The summed E-state index contributed by atoms with van der Waals surface area (Å²) in [6.07, 6.45) is 0. The first-order chi connectivity index (χ1) is 16.9. The van der Waals surface area contributed by atoms with Gasteiger partial charge in [-0.15, -0.1) is 0 Å². The molecule has 2 amide bonds. The fourth-order valence-corrected chi connectivity index (χ4v) is 4.67. The molecule has 2 aromatic carbocycles. The van der Waals surface area contributed by atoms with Crippen molar-refractivity contribution < 1.29 is 28.5 Å². The molecule has 35 heavy (non-hydrogen) atoms. The minimum atomic E-state index is -0.895. The van der Waals surface area contributed by atoms with Gasteiger partial charge < -0.3 is 29.6 Å². The number of aromatic nitrogens is 2. The van der Waals surface area contributed by atoms with Crippen LogP contribution in [0.3, 0.4) is 0 Å². The smallest absolute Gasteiger partial charge is 0.252 e. The van der Waals surface area contributed by atoms with Gasteiger partial charge in [0.1, 0.15) is 25.1 Å². The van der Waals surface area contributed by atoms with E-state index in [0.29, 0.717) is 47.6 Å². The van der Waals surface area contributed by atoms with Crippen molar-refractivity contribution in [2.45, 2.75) is 18.9 Å². The van der Waals surface area contributed by atoms with Crippen molar-refractivity contribution >= 4 is 17.6 Å². The molecule has 0 fully saturated rings. The summed E-state index contributed by atoms with van der Waals surface area (Å²) in [5.41, 5.74) is 2.73. The fraction of sp³-hybridized carbons (Fsp3) is 0.320. The predicted octanol–water partition coefficient (Wildman–Crippen LogP) is 2.40. The number of methoxy groups -OCH3 is 2. The molecule has 5 rings (SSSR count). The van der Waals surface area contributed by atoms with Crippen LogP contribution < -0.4 is 29.6 Å². The summed E-state index contributed by atoms with van der Waals surface area (Å²) in [5.74, 6) is 1.53. The molecule has 0 saturated carbocycles. The minimum Gasteiger partial charge on any atom is -0.493 e. The van der Waals surface area contributed by atoms with Gasteiger partial charge in [-0.2, -0.15) is 5.10 Å². The van der Waals surface area contributed by atoms with Crippen LogP contribution in [0.5, 0.6) is 23.0 Å². The SMILES string of the molecule is COc1ccc(C(=O)N[C@@H]2C(=O)Nc3c(c(C)nn3C)[C@H]2c2ccc3c(c2)OCCO3)cc1OC. The largest absolute Gasteiger partial charge is 0.493 e. The highest BCUT2D eigenvalue weighted by molar-refractivity contribution is 6.04. The zero-order valence-electron chi connectivity index (χ0n) is 19.9. The molecule has 2 aliphatic rings. The van der Waals surface area contributed by atoms with Gasteiger partial charge in [-0.05, 0) is 42.8 Å². The highest BCUT2D eigenvalue weighted by atomic mass is 16.6. The number of hydrogen-bond donors (Lipinski definition) is 2. The molecule has 2 aliphatic heterocycles. The number of anilines is 1. The molecule has 0 unspecified atom stereocenters. The number of carbonyl (C=O) groups is 2. The molecule has 10 heteroatoms. The summed E-state index contributed by atoms with van der Waals surface area (Å²) in [4.78, 5) is 26.6. The number of nitrogens with zero attached hydrogens (tertiary/aromatic N) is 2. The summed E-state index contributed by atoms with van der Waals surface area (Å²) in [6, 6.07) is 9.54. The van der Waals surface area contributed by atoms with Crippen LogP contribution in [0.15, 0.2) is 36.4 Å². The molecular formula is C25H26N4O6. The molecule has 3 aromatic rings. The normalized spacial score (nSPS) is 18.3. The Morgan fingerprint density at radius 1 is 1.09 bits per heavy atom. The van der Waals surface area contributed by atoms with Crippen LogP contribution in [-0.4, -0.2) is 55.1 Å². The molecule has 0 radical (unpaired) electrons. The first-order valence-corrected chi connectivity index (χ1v) is 11.2. The van der Waals surface area contributed by atoms with Crippen LogP contribution in [0.1, 0.15) is 33.1 Å². The van der Waals surface area contributed by atoms with Crippen LogP contribution >= 0.6 is 0 Å². The Morgan fingerprint density at radius 2 is 1.83 bits per heavy atom. The molecule has 10 nitrogen and oxygen atoms in total. The van der Waals surface area contributed by atoms with Gasteiger partial charge in [-0.3, -0.25) is 14.3 Å². The molecule has 2 atom stereocenters. The lowest BCUT2D eigenvalue weighted by atomic mass is 9.81. The molecule has 182 valence electrons. The van der Waals surface area contributed by atoms with E-state index in [2.05, 4.69) is 15.7 Å². The van der Waals surface area contributed by atoms with Crippen molar-refractivity contribution in [3.63, 3.8) is 0 Å². The highest BCUT2D eigenvalue weighted by Crippen LogP contribution is 2.42. The van der Waals surface area contributed by atoms with Gasteiger partial charge in [0.2, 0.25) is 5.91 Å². The average molecular weight is 479 g/mol. The van der Waals surface area contributed by atoms with Crippen LogP contribution in [0.2, 0.25) is 0 Å². The maximum Gasteiger partial charge on any atom is 0.252 e. The molecule has 1 aromatic heterocycles. The number of benzene rings is 2. The number of amides is 2. The van der Waals surface area contributed by atoms with Crippen molar-refractivity contribution in [2.75, 3.05) is 32.8 Å². The van der Waals surface area contributed by atoms with Crippen LogP contribution in [0.25, 0.3) is 0 Å². The van der Waals surface area contributed by atoms with Crippen molar-refractivity contribution in [1.29, 1.82) is 0 Å². The number of nitrogens with one attached hydrogen (secondary N) is 2. The van der Waals surface area contributed by atoms with E-state index < -0.39 is 17.9 Å². The van der Waals surface area contributed by atoms with Crippen molar-refractivity contribution in [3.8, 4) is 23.0 Å². The van der Waals surface area contributed by atoms with E-state index in [-0.39, 0.29) is 5.91 Å². The summed E-state index contributed by atoms with van der Waals surface area (Å²) >= 11 is 0. The first kappa shape index (κ1) is 22.6. The number of rotatable bonds is 5. The topological polar surface area (TPSA) is 113 Å². The van der Waals surface area contributed by atoms with E-state index in [1.165, 1.54) is 14.2 Å². The standard InChI is InChI=1S/C25H26N4O6/c1-13-20-21(14-5-8-17-19(11-14)35-10-9-34-17)22(25(31)27-23(20)29(2)28-13)26-24(30)15-6-7-16(32-3)18(12-15)33-4/h5-8,11-12,21-22H,9-10H2,1-4H3,(H,26,30)(H,27,31)/t21-,22+/m1/s1. The van der Waals surface area contributed by atoms with E-state index in [9.17, 15) is 9.59 Å². The van der Waals surface area contributed by atoms with Gasteiger partial charge in [0, 0.05) is 24.1 Å². The fourth-order valence-electron chi connectivity index (χ4n) is 4.67. The Hall–Kier alpha value is -4.21. The van der Waals surface area contributed by atoms with Gasteiger partial charge in [-0.1, -0.05) is 6.07 Å². The Bertz CT molecular complexity index is 1320. The third kappa shape index (κ3) is 3.90. The van der Waals surface area contributed by atoms with Crippen molar-refractivity contribution in [3.05, 3.63) is 58.8 Å². The number of ether oxygens (including phenoxy) is 4. The van der Waals surface area contributed by atoms with Crippen molar-refractivity contribution in [2.24, 2.45) is 7.05 Å². The van der Waals surface area contributed by atoms with Gasteiger partial charge >= 0.3 is 0 Å². The lowest BCUT2D eigenvalue weighted by molar-refractivity contribution is -0.118. The maximum absolute atomic E-state index is 13.3. The second kappa shape index (κ2) is 8.86. The number of carbonyl (C=O) groups excluding carboxylic acids is 2. The summed E-state index contributed by atoms with van der Waals surface area (Å²) < 4.78 is 23.7. The third-order valence-corrected chi connectivity index (χ3v) is 6.29. The van der Waals surface area contributed by atoms with Gasteiger partial charge in [0.15, 0.2) is 23.0 Å². The molecule has 0 aliphatic carbocycles. The summed E-state index contributed by atoms with van der Waals surface area (Å²) in [6.45, 7) is 2.81. The Kier molecular flexibility index (Phi) is 5.72. The Morgan fingerprint density at radius 3 is 2.57 bits per heavy atom. The zero-order valence-corrected chi connectivity index (χ0v) is 19.9. The number of aryl methyl sites for hydroxylation is 2. The lowest BCUT2D eigenvalue weighted by Gasteiger charge is -2.33. The second-order valence-corrected chi connectivity index (χ2v) is 8.36. The molecule has 0 bridgehead atoms. The molecule has 3 heterocycles. The maximum atomic E-state index is 13.3. The van der Waals surface area contributed by atoms with E-state index in [0.717, 1.165) is 16.8 Å². The predicted molar refractivity (Wildman–Crippen MR) is 127 cm³/mol. The molecular weight excluding hydrogens is 452 g/mol. The minimum absolute atomic E-state index is 0.338. The van der Waals surface area contributed by atoms with Gasteiger partial charge in [0.25, 0.3) is 5.91 Å². The monoisotopic (exact) mass is 478 g/mol. The van der Waals surface area contributed by atoms with E-state index in [1.54, 1.807) is 29.9 Å². The first-order valence-electron chi connectivity index (χ1n) is 11.2. The number of fused-ring (bicyclic) bond motifs is 2. The Balaban J connectivity index is 1.55. The van der Waals surface area contributed by atoms with Crippen LogP contribution in [-0.2, 0) is 11.8 Å². The highest BCUT2D eigenvalue weighted by Gasteiger charge is 2.41. The quantitative estimate of drug-likeness (QED) is 0.579. The average Bonchev–Trinajstić information content (AvgIpc) is 3.15. The summed E-state index contributed by atoms with van der Waals surface area (Å²) in [7, 11) is 4.80. The van der Waals surface area contributed by atoms with E-state index in [1.807, 2.05) is 25.1 Å². The van der Waals surface area contributed by atoms with Crippen LogP contribution in [0.4, 0.5) is 5.82 Å². The molecule has 0 saturated heterocycles. The zero-order chi connectivity index (χ0) is 24.7. The van der Waals surface area contributed by atoms with Crippen LogP contribution in [0, 0.1) is 6.92 Å². The lowest BCUT2D eigenvalue weighted by Crippen LogP contribution is -2.50. The Labute approximate surface area is 202 Å². The van der Waals surface area contributed by atoms with E-state index in [4.69, 9.17) is 18.9 Å². The van der Waals surface area contributed by atoms with Gasteiger partial charge in [-0.25, -0.2) is 0 Å². The number of hydrogen-bond acceptors (Lipinski definition) is 7. The van der Waals surface area contributed by atoms with Crippen molar-refractivity contribution in [1.82, 2.24) is 15.1 Å².